The summed E-state index contributed by atoms with van der Waals surface area (Å²) in [5.74, 6) is 0.610. The molecule has 0 aliphatic carbocycles. The Balaban J connectivity index is 1.98. The molecule has 0 aliphatic heterocycles. The summed E-state index contributed by atoms with van der Waals surface area (Å²) in [6.07, 6.45) is 1.80. The molecule has 0 N–H and O–H groups in total. The van der Waals surface area contributed by atoms with Crippen LogP contribution in [0.5, 0.6) is 0 Å². The van der Waals surface area contributed by atoms with Crippen molar-refractivity contribution < 1.29 is 9.16 Å². The molecule has 0 bridgehead atoms. The third-order valence-electron chi connectivity index (χ3n) is 6.57. The highest BCUT2D eigenvalue weighted by atomic mass is 28.4. The van der Waals surface area contributed by atoms with Crippen molar-refractivity contribution in [3.05, 3.63) is 83.3 Å². The normalized spacial score (nSPS) is 13.5. The molecule has 0 fully saturated rings. The third kappa shape index (κ3) is 6.48. The predicted molar refractivity (Wildman–Crippen MR) is 153 cm³/mol. The van der Waals surface area contributed by atoms with Gasteiger partial charge in [0.2, 0.25) is 0 Å². The number of nitrogens with zero attached hydrogens (tertiary/aromatic N) is 3. The van der Waals surface area contributed by atoms with Gasteiger partial charge in [0, 0.05) is 14.7 Å². The summed E-state index contributed by atoms with van der Waals surface area (Å²) in [5.41, 5.74) is 0.890. The van der Waals surface area contributed by atoms with Crippen LogP contribution in [0.25, 0.3) is 0 Å². The van der Waals surface area contributed by atoms with Crippen molar-refractivity contribution in [2.75, 3.05) is 6.61 Å². The predicted octanol–water partition coefficient (Wildman–Crippen LogP) is 6.10. The smallest absolute Gasteiger partial charge is 0.261 e. The van der Waals surface area contributed by atoms with Crippen LogP contribution in [0.4, 0.5) is 0 Å². The Morgan fingerprint density at radius 2 is 1.53 bits per heavy atom. The van der Waals surface area contributed by atoms with Gasteiger partial charge in [0.05, 0.1) is 18.5 Å². The highest BCUT2D eigenvalue weighted by Crippen LogP contribution is 2.37. The van der Waals surface area contributed by atoms with Crippen molar-refractivity contribution in [1.29, 1.82) is 0 Å². The zero-order chi connectivity index (χ0) is 26.4. The average molecular weight is 524 g/mol. The molecule has 0 spiro atoms. The quantitative estimate of drug-likeness (QED) is 0.163. The van der Waals surface area contributed by atoms with Crippen molar-refractivity contribution in [3.63, 3.8) is 0 Å². The lowest BCUT2D eigenvalue weighted by molar-refractivity contribution is 0.0799. The number of ether oxygens (including phenoxy) is 1. The van der Waals surface area contributed by atoms with Crippen molar-refractivity contribution in [2.45, 2.75) is 77.8 Å². The maximum atomic E-state index is 11.4. The Hall–Kier alpha value is -2.40. The number of aromatic nitrogens is 2. The first-order valence-electron chi connectivity index (χ1n) is 12.7. The molecular weight excluding hydrogens is 482 g/mol. The van der Waals surface area contributed by atoms with E-state index < -0.39 is 22.4 Å². The number of imidazole rings is 1. The lowest BCUT2D eigenvalue weighted by Crippen LogP contribution is -2.66. The minimum Gasteiger partial charge on any atom is -0.402 e. The minimum absolute atomic E-state index is 0.130. The fraction of sp³-hybridized carbons (Fsp3) is 0.464. The lowest BCUT2D eigenvalue weighted by Gasteiger charge is -2.43. The molecule has 8 heteroatoms. The summed E-state index contributed by atoms with van der Waals surface area (Å²) in [4.78, 5) is 15.9. The van der Waals surface area contributed by atoms with E-state index in [2.05, 4.69) is 99.1 Å². The lowest BCUT2D eigenvalue weighted by atomic mass is 10.2. The van der Waals surface area contributed by atoms with Gasteiger partial charge in [-0.05, 0) is 28.4 Å². The molecule has 36 heavy (non-hydrogen) atoms. The van der Waals surface area contributed by atoms with Gasteiger partial charge in [-0.1, -0.05) is 106 Å². The van der Waals surface area contributed by atoms with Gasteiger partial charge in [0.1, 0.15) is 18.6 Å². The minimum atomic E-state index is -2.71. The highest BCUT2D eigenvalue weighted by molar-refractivity contribution is 6.99. The van der Waals surface area contributed by atoms with Gasteiger partial charge >= 0.3 is 0 Å². The summed E-state index contributed by atoms with van der Waals surface area (Å²) in [5, 5.41) is 5.55. The number of hydrogen-bond acceptors (Lipinski definition) is 5. The first-order chi connectivity index (χ1) is 17.0. The van der Waals surface area contributed by atoms with Crippen LogP contribution in [0.2, 0.25) is 30.7 Å². The van der Waals surface area contributed by atoms with Gasteiger partial charge in [0.15, 0.2) is 0 Å². The van der Waals surface area contributed by atoms with Gasteiger partial charge in [-0.15, -0.1) is 0 Å². The second-order valence-corrected chi connectivity index (χ2v) is 21.5. The van der Waals surface area contributed by atoms with E-state index in [9.17, 15) is 4.91 Å². The summed E-state index contributed by atoms with van der Waals surface area (Å²) in [6, 6.07) is 21.7. The molecule has 1 atom stereocenters. The Morgan fingerprint density at radius 3 is 2.00 bits per heavy atom. The third-order valence-corrected chi connectivity index (χ3v) is 13.3. The number of nitroso groups, excluding NO2 is 1. The second kappa shape index (κ2) is 11.8. The van der Waals surface area contributed by atoms with Crippen LogP contribution in [0, 0.1) is 4.91 Å². The summed E-state index contributed by atoms with van der Waals surface area (Å²) < 4.78 is 15.1. The van der Waals surface area contributed by atoms with E-state index in [1.54, 1.807) is 13.1 Å². The van der Waals surface area contributed by atoms with Gasteiger partial charge in [0.25, 0.3) is 8.32 Å². The molecule has 0 amide bonds. The van der Waals surface area contributed by atoms with Crippen LogP contribution in [0.15, 0.2) is 72.0 Å². The zero-order valence-electron chi connectivity index (χ0n) is 22.8. The van der Waals surface area contributed by atoms with Gasteiger partial charge in [-0.25, -0.2) is 4.98 Å². The largest absolute Gasteiger partial charge is 0.402 e. The number of rotatable bonds is 12. The molecule has 6 nitrogen and oxygen atoms in total. The maximum absolute atomic E-state index is 11.4. The van der Waals surface area contributed by atoms with Crippen LogP contribution in [0.1, 0.15) is 45.3 Å². The summed E-state index contributed by atoms with van der Waals surface area (Å²) >= 11 is 0. The van der Waals surface area contributed by atoms with Gasteiger partial charge < -0.3 is 13.7 Å². The first-order valence-corrected chi connectivity index (χ1v) is 18.3. The fourth-order valence-corrected chi connectivity index (χ4v) is 9.83. The van der Waals surface area contributed by atoms with E-state index in [1.165, 1.54) is 10.4 Å². The molecule has 1 aromatic heterocycles. The zero-order valence-corrected chi connectivity index (χ0v) is 24.8. The summed E-state index contributed by atoms with van der Waals surface area (Å²) in [7, 11) is -3.91. The molecule has 0 saturated heterocycles. The van der Waals surface area contributed by atoms with E-state index in [0.717, 1.165) is 11.7 Å². The molecule has 0 saturated carbocycles. The van der Waals surface area contributed by atoms with Crippen molar-refractivity contribution in [1.82, 2.24) is 9.55 Å². The van der Waals surface area contributed by atoms with Crippen LogP contribution in [-0.4, -0.2) is 32.5 Å². The van der Waals surface area contributed by atoms with E-state index in [-0.39, 0.29) is 5.04 Å². The second-order valence-electron chi connectivity index (χ2n) is 11.6. The van der Waals surface area contributed by atoms with Gasteiger partial charge in [-0.3, -0.25) is 0 Å². The molecule has 3 rings (SSSR count). The average Bonchev–Trinajstić information content (AvgIpc) is 3.24. The topological polar surface area (TPSA) is 65.7 Å². The molecule has 0 aliphatic rings. The molecule has 3 aromatic rings. The Morgan fingerprint density at radius 1 is 0.972 bits per heavy atom. The number of benzene rings is 2. The van der Waals surface area contributed by atoms with E-state index >= 15 is 0 Å². The summed E-state index contributed by atoms with van der Waals surface area (Å²) in [6.45, 7) is 16.9. The van der Waals surface area contributed by atoms with Crippen LogP contribution < -0.4 is 10.4 Å². The van der Waals surface area contributed by atoms with Crippen molar-refractivity contribution in [3.8, 4) is 0 Å². The van der Waals surface area contributed by atoms with E-state index in [1.807, 2.05) is 16.7 Å². The standard InChI is InChI=1S/C28H41N3O3Si2/c1-23(30-32)27-29-20-24(31(27)22-33-18-19-35(5,6)7)21-34-36(28(2,3)4,25-14-10-8-11-15-25)26-16-12-9-13-17-26/h8-17,20,23H,18-19,21-22H2,1-7H3. The van der Waals surface area contributed by atoms with E-state index in [4.69, 9.17) is 9.16 Å². The Bertz CT molecular complexity index is 1070. The molecular formula is C28H41N3O3Si2. The molecule has 0 radical (unpaired) electrons. The Labute approximate surface area is 218 Å². The molecule has 2 aromatic carbocycles. The fourth-order valence-electron chi connectivity index (χ4n) is 4.55. The van der Waals surface area contributed by atoms with Crippen molar-refractivity contribution in [2.24, 2.45) is 5.18 Å². The highest BCUT2D eigenvalue weighted by Gasteiger charge is 2.50. The SMILES string of the molecule is CC(N=O)c1ncc(CO[Si](c2ccccc2)(c2ccccc2)C(C)(C)C)n1COCC[Si](C)(C)C. The van der Waals surface area contributed by atoms with Crippen molar-refractivity contribution >= 4 is 26.8 Å². The van der Waals surface area contributed by atoms with Crippen LogP contribution >= 0.6 is 0 Å². The molecule has 1 heterocycles. The van der Waals surface area contributed by atoms with Gasteiger partial charge in [-0.2, -0.15) is 4.91 Å². The molecule has 1 unspecified atom stereocenters. The monoisotopic (exact) mass is 523 g/mol. The number of hydrogen-bond donors (Lipinski definition) is 0. The first kappa shape index (κ1) is 28.2. The Kier molecular flexibility index (Phi) is 9.21. The maximum Gasteiger partial charge on any atom is 0.261 e. The van der Waals surface area contributed by atoms with Crippen LogP contribution in [0.3, 0.4) is 0 Å². The molecule has 194 valence electrons. The van der Waals surface area contributed by atoms with Crippen LogP contribution in [-0.2, 0) is 22.5 Å². The van der Waals surface area contributed by atoms with E-state index in [0.29, 0.717) is 25.8 Å².